The first kappa shape index (κ1) is 18.6. The van der Waals surface area contributed by atoms with Gasteiger partial charge in [-0.25, -0.2) is 0 Å². The number of carbonyl (C=O) groups is 2. The minimum atomic E-state index is -0.740. The lowest BCUT2D eigenvalue weighted by atomic mass is 9.81. The van der Waals surface area contributed by atoms with Crippen LogP contribution in [0.2, 0.25) is 0 Å². The van der Waals surface area contributed by atoms with Crippen LogP contribution in [0, 0.1) is 5.41 Å². The summed E-state index contributed by atoms with van der Waals surface area (Å²) in [5.74, 6) is -0.282. The van der Waals surface area contributed by atoms with Gasteiger partial charge in [0.1, 0.15) is 0 Å². The van der Waals surface area contributed by atoms with E-state index >= 15 is 0 Å². The molecule has 0 aromatic heterocycles. The smallest absolute Gasteiger partial charge is 0.235 e. The van der Waals surface area contributed by atoms with Gasteiger partial charge in [-0.15, -0.1) is 0 Å². The second-order valence-corrected chi connectivity index (χ2v) is 6.81. The molecular formula is C19H28N2O3. The maximum absolute atomic E-state index is 12.6. The van der Waals surface area contributed by atoms with Gasteiger partial charge in [-0.1, -0.05) is 44.2 Å². The molecule has 1 aromatic carbocycles. The van der Waals surface area contributed by atoms with Crippen molar-refractivity contribution in [1.82, 2.24) is 9.80 Å². The van der Waals surface area contributed by atoms with Gasteiger partial charge in [-0.3, -0.25) is 19.4 Å². The first-order chi connectivity index (χ1) is 11.4. The monoisotopic (exact) mass is 332 g/mol. The zero-order valence-electron chi connectivity index (χ0n) is 14.9. The Morgan fingerprint density at radius 3 is 2.38 bits per heavy atom. The molecule has 1 saturated heterocycles. The van der Waals surface area contributed by atoms with Crippen LogP contribution in [0.25, 0.3) is 0 Å². The number of carbonyl (C=O) groups excluding carboxylic acids is 2. The topological polar surface area (TPSA) is 60.9 Å². The third kappa shape index (κ3) is 4.02. The molecule has 5 heteroatoms. The molecule has 1 N–H and O–H groups in total. The Kier molecular flexibility index (Phi) is 6.13. The lowest BCUT2D eigenvalue weighted by Gasteiger charge is -2.26. The van der Waals surface area contributed by atoms with E-state index in [1.165, 1.54) is 4.90 Å². The number of hydrogen-bond acceptors (Lipinski definition) is 4. The van der Waals surface area contributed by atoms with E-state index in [0.717, 1.165) is 5.56 Å². The van der Waals surface area contributed by atoms with Crippen molar-refractivity contribution in [1.29, 1.82) is 0 Å². The second kappa shape index (κ2) is 7.90. The van der Waals surface area contributed by atoms with Crippen LogP contribution in [-0.2, 0) is 16.1 Å². The molecule has 1 fully saturated rings. The van der Waals surface area contributed by atoms with Crippen LogP contribution in [0.4, 0.5) is 0 Å². The predicted molar refractivity (Wildman–Crippen MR) is 93.1 cm³/mol. The van der Waals surface area contributed by atoms with Crippen molar-refractivity contribution < 1.29 is 14.7 Å². The van der Waals surface area contributed by atoms with E-state index in [4.69, 9.17) is 0 Å². The fourth-order valence-electron chi connectivity index (χ4n) is 3.44. The molecule has 0 spiro atoms. The quantitative estimate of drug-likeness (QED) is 0.740. The lowest BCUT2D eigenvalue weighted by Crippen LogP contribution is -2.43. The number of aliphatic hydroxyl groups excluding tert-OH is 1. The fraction of sp³-hybridized carbons (Fsp3) is 0.579. The van der Waals surface area contributed by atoms with Gasteiger partial charge < -0.3 is 5.11 Å². The Hall–Kier alpha value is -1.72. The van der Waals surface area contributed by atoms with Crippen LogP contribution < -0.4 is 0 Å². The molecule has 2 amide bonds. The largest absolute Gasteiger partial charge is 0.390 e. The van der Waals surface area contributed by atoms with E-state index in [-0.39, 0.29) is 24.8 Å². The average molecular weight is 332 g/mol. The Bertz CT molecular complexity index is 569. The van der Waals surface area contributed by atoms with Crippen molar-refractivity contribution in [3.63, 3.8) is 0 Å². The van der Waals surface area contributed by atoms with Crippen LogP contribution in [0.3, 0.4) is 0 Å². The molecule has 132 valence electrons. The first-order valence-corrected chi connectivity index (χ1v) is 8.67. The average Bonchev–Trinajstić information content (AvgIpc) is 2.80. The number of likely N-dealkylation sites (N-methyl/N-ethyl adjacent to an activating group) is 1. The number of rotatable bonds is 8. The van der Waals surface area contributed by atoms with E-state index in [9.17, 15) is 14.7 Å². The maximum atomic E-state index is 12.6. The molecule has 1 aliphatic rings. The lowest BCUT2D eigenvalue weighted by molar-refractivity contribution is -0.143. The number of benzene rings is 1. The van der Waals surface area contributed by atoms with Gasteiger partial charge in [0.25, 0.3) is 0 Å². The molecule has 0 saturated carbocycles. The molecule has 5 nitrogen and oxygen atoms in total. The molecule has 1 aliphatic heterocycles. The zero-order valence-corrected chi connectivity index (χ0v) is 14.9. The SMILES string of the molecule is CCC1(CC)CC(=O)N(CC(O)CN(C)Cc2ccccc2)C1=O. The summed E-state index contributed by atoms with van der Waals surface area (Å²) in [7, 11) is 1.92. The Morgan fingerprint density at radius 2 is 1.83 bits per heavy atom. The molecule has 2 rings (SSSR count). The molecule has 1 unspecified atom stereocenters. The summed E-state index contributed by atoms with van der Waals surface area (Å²) >= 11 is 0. The van der Waals surface area contributed by atoms with Crippen molar-refractivity contribution >= 4 is 11.8 Å². The van der Waals surface area contributed by atoms with Crippen molar-refractivity contribution in [2.75, 3.05) is 20.1 Å². The van der Waals surface area contributed by atoms with Crippen LogP contribution in [0.5, 0.6) is 0 Å². The summed E-state index contributed by atoms with van der Waals surface area (Å²) in [5, 5.41) is 10.3. The number of amides is 2. The number of β-amino-alcohol motifs (C(OH)–C–C–N with tert-alkyl or cyclic N) is 1. The standard InChI is InChI=1S/C19H28N2O3/c1-4-19(5-2)11-17(23)21(18(19)24)14-16(22)13-20(3)12-15-9-7-6-8-10-15/h6-10,16,22H,4-5,11-14H2,1-3H3. The van der Waals surface area contributed by atoms with Crippen molar-refractivity contribution in [2.24, 2.45) is 5.41 Å². The van der Waals surface area contributed by atoms with E-state index in [2.05, 4.69) is 0 Å². The Morgan fingerprint density at radius 1 is 1.21 bits per heavy atom. The summed E-state index contributed by atoms with van der Waals surface area (Å²) in [4.78, 5) is 28.1. The molecular weight excluding hydrogens is 304 g/mol. The molecule has 1 aromatic rings. The fourth-order valence-corrected chi connectivity index (χ4v) is 3.44. The van der Waals surface area contributed by atoms with E-state index in [1.807, 2.05) is 56.1 Å². The molecule has 1 heterocycles. The van der Waals surface area contributed by atoms with Crippen molar-refractivity contribution in [2.45, 2.75) is 45.8 Å². The van der Waals surface area contributed by atoms with Gasteiger partial charge >= 0.3 is 0 Å². The number of likely N-dealkylation sites (tertiary alicyclic amines) is 1. The second-order valence-electron chi connectivity index (χ2n) is 6.81. The predicted octanol–water partition coefficient (Wildman–Crippen LogP) is 2.04. The summed E-state index contributed by atoms with van der Waals surface area (Å²) in [6.07, 6.45) is 0.852. The summed E-state index contributed by atoms with van der Waals surface area (Å²) in [5.41, 5.74) is 0.601. The summed E-state index contributed by atoms with van der Waals surface area (Å²) in [6, 6.07) is 10.0. The van der Waals surface area contributed by atoms with Crippen LogP contribution in [-0.4, -0.2) is 53.0 Å². The van der Waals surface area contributed by atoms with Gasteiger partial charge in [0.15, 0.2) is 0 Å². The zero-order chi connectivity index (χ0) is 17.7. The van der Waals surface area contributed by atoms with Gasteiger partial charge in [-0.2, -0.15) is 0 Å². The molecule has 1 atom stereocenters. The number of aliphatic hydroxyl groups is 1. The van der Waals surface area contributed by atoms with Gasteiger partial charge in [-0.05, 0) is 25.5 Å². The minimum absolute atomic E-state index is 0.0819. The molecule has 24 heavy (non-hydrogen) atoms. The molecule has 0 radical (unpaired) electrons. The molecule has 0 aliphatic carbocycles. The van der Waals surface area contributed by atoms with Gasteiger partial charge in [0.05, 0.1) is 18.1 Å². The Balaban J connectivity index is 1.91. The highest BCUT2D eigenvalue weighted by Gasteiger charge is 2.49. The van der Waals surface area contributed by atoms with Crippen molar-refractivity contribution in [3.05, 3.63) is 35.9 Å². The van der Waals surface area contributed by atoms with Gasteiger partial charge in [0, 0.05) is 19.5 Å². The third-order valence-corrected chi connectivity index (χ3v) is 5.05. The normalized spacial score (nSPS) is 18.5. The van der Waals surface area contributed by atoms with Crippen LogP contribution >= 0.6 is 0 Å². The summed E-state index contributed by atoms with van der Waals surface area (Å²) < 4.78 is 0. The first-order valence-electron chi connectivity index (χ1n) is 8.67. The van der Waals surface area contributed by atoms with E-state index < -0.39 is 11.5 Å². The number of imide groups is 1. The third-order valence-electron chi connectivity index (χ3n) is 5.05. The highest BCUT2D eigenvalue weighted by Crippen LogP contribution is 2.39. The van der Waals surface area contributed by atoms with Gasteiger partial charge in [0.2, 0.25) is 11.8 Å². The minimum Gasteiger partial charge on any atom is -0.390 e. The van der Waals surface area contributed by atoms with E-state index in [0.29, 0.717) is 25.9 Å². The molecule has 0 bridgehead atoms. The van der Waals surface area contributed by atoms with Crippen molar-refractivity contribution in [3.8, 4) is 0 Å². The van der Waals surface area contributed by atoms with Crippen LogP contribution in [0.15, 0.2) is 30.3 Å². The highest BCUT2D eigenvalue weighted by atomic mass is 16.3. The Labute approximate surface area is 144 Å². The highest BCUT2D eigenvalue weighted by molar-refractivity contribution is 6.05. The summed E-state index contributed by atoms with van der Waals surface area (Å²) in [6.45, 7) is 5.11. The number of nitrogens with zero attached hydrogens (tertiary/aromatic N) is 2. The van der Waals surface area contributed by atoms with Crippen LogP contribution in [0.1, 0.15) is 38.7 Å². The van der Waals surface area contributed by atoms with E-state index in [1.54, 1.807) is 0 Å². The maximum Gasteiger partial charge on any atom is 0.235 e. The number of hydrogen-bond donors (Lipinski definition) is 1.